The summed E-state index contributed by atoms with van der Waals surface area (Å²) in [6, 6.07) is 8.21. The first-order valence-electron chi connectivity index (χ1n) is 10.3. The predicted molar refractivity (Wildman–Crippen MR) is 107 cm³/mol. The van der Waals surface area contributed by atoms with E-state index in [0.29, 0.717) is 5.92 Å². The van der Waals surface area contributed by atoms with Gasteiger partial charge in [0.2, 0.25) is 0 Å². The van der Waals surface area contributed by atoms with Gasteiger partial charge >= 0.3 is 0 Å². The Labute approximate surface area is 158 Å². The zero-order valence-electron chi connectivity index (χ0n) is 16.3. The van der Waals surface area contributed by atoms with E-state index >= 15 is 0 Å². The van der Waals surface area contributed by atoms with Crippen LogP contribution < -0.4 is 4.74 Å². The quantitative estimate of drug-likeness (QED) is 0.577. The number of hydrogen-bond acceptors (Lipinski definition) is 3. The van der Waals surface area contributed by atoms with E-state index in [-0.39, 0.29) is 0 Å². The van der Waals surface area contributed by atoms with E-state index in [1.165, 1.54) is 38.5 Å². The van der Waals surface area contributed by atoms with Gasteiger partial charge in [0.05, 0.1) is 24.2 Å². The molecule has 1 aliphatic carbocycles. The fraction of sp³-hybridized carbons (Fsp3) is 0.565. The van der Waals surface area contributed by atoms with Crippen molar-refractivity contribution in [1.82, 2.24) is 9.97 Å². The SMILES string of the molecule is CCCc1cnc(-c2ccccc2OC[C@H]2CC[C@H](CCC)CC2)cn1. The molecule has 3 heteroatoms. The second-order valence-corrected chi connectivity index (χ2v) is 7.63. The molecular weight excluding hydrogens is 320 g/mol. The summed E-state index contributed by atoms with van der Waals surface area (Å²) in [7, 11) is 0. The maximum atomic E-state index is 6.24. The highest BCUT2D eigenvalue weighted by Crippen LogP contribution is 2.33. The van der Waals surface area contributed by atoms with Crippen molar-refractivity contribution in [3.63, 3.8) is 0 Å². The van der Waals surface area contributed by atoms with Gasteiger partial charge in [0.15, 0.2) is 0 Å². The third kappa shape index (κ3) is 5.06. The second kappa shape index (κ2) is 9.70. The summed E-state index contributed by atoms with van der Waals surface area (Å²) in [6.07, 6.45) is 13.9. The van der Waals surface area contributed by atoms with Gasteiger partial charge in [-0.1, -0.05) is 58.1 Å². The number of ether oxygens (including phenoxy) is 1. The second-order valence-electron chi connectivity index (χ2n) is 7.63. The molecule has 1 fully saturated rings. The van der Waals surface area contributed by atoms with Crippen LogP contribution in [0.1, 0.15) is 64.5 Å². The van der Waals surface area contributed by atoms with Crippen molar-refractivity contribution < 1.29 is 4.74 Å². The zero-order valence-corrected chi connectivity index (χ0v) is 16.3. The molecule has 0 atom stereocenters. The van der Waals surface area contributed by atoms with Crippen LogP contribution in [0.3, 0.4) is 0 Å². The summed E-state index contributed by atoms with van der Waals surface area (Å²) in [6.45, 7) is 5.27. The molecular formula is C23H32N2O. The predicted octanol–water partition coefficient (Wildman–Crippen LogP) is 6.08. The molecule has 0 radical (unpaired) electrons. The van der Waals surface area contributed by atoms with Crippen LogP contribution in [0.25, 0.3) is 11.3 Å². The van der Waals surface area contributed by atoms with Gasteiger partial charge in [-0.3, -0.25) is 9.97 Å². The molecule has 1 aliphatic rings. The molecule has 1 saturated carbocycles. The van der Waals surface area contributed by atoms with E-state index in [1.807, 2.05) is 24.5 Å². The fourth-order valence-electron chi connectivity index (χ4n) is 3.99. The number of rotatable bonds is 8. The van der Waals surface area contributed by atoms with Crippen LogP contribution in [0.5, 0.6) is 5.75 Å². The Morgan fingerprint density at radius 1 is 0.923 bits per heavy atom. The highest BCUT2D eigenvalue weighted by Gasteiger charge is 2.21. The maximum absolute atomic E-state index is 6.24. The lowest BCUT2D eigenvalue weighted by Crippen LogP contribution is -2.20. The summed E-state index contributed by atoms with van der Waals surface area (Å²) in [5.41, 5.74) is 2.99. The lowest BCUT2D eigenvalue weighted by molar-refractivity contribution is 0.179. The van der Waals surface area contributed by atoms with Crippen LogP contribution in [-0.2, 0) is 6.42 Å². The number of nitrogens with zero attached hydrogens (tertiary/aromatic N) is 2. The summed E-state index contributed by atoms with van der Waals surface area (Å²) in [5, 5.41) is 0. The minimum atomic E-state index is 0.689. The molecule has 3 rings (SSSR count). The molecule has 0 aliphatic heterocycles. The number of benzene rings is 1. The lowest BCUT2D eigenvalue weighted by Gasteiger charge is -2.28. The van der Waals surface area contributed by atoms with Crippen molar-refractivity contribution in [3.05, 3.63) is 42.4 Å². The molecule has 1 heterocycles. The highest BCUT2D eigenvalue weighted by atomic mass is 16.5. The molecule has 0 amide bonds. The van der Waals surface area contributed by atoms with E-state index in [9.17, 15) is 0 Å². The van der Waals surface area contributed by atoms with Gasteiger partial charge < -0.3 is 4.74 Å². The van der Waals surface area contributed by atoms with Crippen LogP contribution in [0.4, 0.5) is 0 Å². The lowest BCUT2D eigenvalue weighted by atomic mass is 9.80. The molecule has 1 aromatic heterocycles. The number of aromatic nitrogens is 2. The van der Waals surface area contributed by atoms with Crippen LogP contribution in [0, 0.1) is 11.8 Å². The molecule has 0 unspecified atom stereocenters. The number of para-hydroxylation sites is 1. The van der Waals surface area contributed by atoms with Gasteiger partial charge in [-0.05, 0) is 43.2 Å². The molecule has 0 bridgehead atoms. The normalized spacial score (nSPS) is 20.1. The first kappa shape index (κ1) is 18.9. The molecule has 26 heavy (non-hydrogen) atoms. The smallest absolute Gasteiger partial charge is 0.128 e. The molecule has 0 spiro atoms. The van der Waals surface area contributed by atoms with Gasteiger partial charge in [-0.25, -0.2) is 0 Å². The van der Waals surface area contributed by atoms with Crippen molar-refractivity contribution in [3.8, 4) is 17.0 Å². The molecule has 140 valence electrons. The topological polar surface area (TPSA) is 35.0 Å². The third-order valence-corrected chi connectivity index (χ3v) is 5.51. The summed E-state index contributed by atoms with van der Waals surface area (Å²) in [4.78, 5) is 9.15. The Morgan fingerprint density at radius 3 is 2.38 bits per heavy atom. The van der Waals surface area contributed by atoms with Crippen molar-refractivity contribution in [2.24, 2.45) is 11.8 Å². The van der Waals surface area contributed by atoms with E-state index in [1.54, 1.807) is 0 Å². The first-order chi connectivity index (χ1) is 12.8. The van der Waals surface area contributed by atoms with E-state index in [2.05, 4.69) is 35.9 Å². The number of hydrogen-bond donors (Lipinski definition) is 0. The largest absolute Gasteiger partial charge is 0.493 e. The highest BCUT2D eigenvalue weighted by molar-refractivity contribution is 5.66. The Balaban J connectivity index is 1.61. The molecule has 3 nitrogen and oxygen atoms in total. The maximum Gasteiger partial charge on any atom is 0.128 e. The van der Waals surface area contributed by atoms with E-state index in [0.717, 1.165) is 48.1 Å². The first-order valence-corrected chi connectivity index (χ1v) is 10.3. The summed E-state index contributed by atoms with van der Waals surface area (Å²) < 4.78 is 6.24. The van der Waals surface area contributed by atoms with Gasteiger partial charge in [0, 0.05) is 11.8 Å². The van der Waals surface area contributed by atoms with Gasteiger partial charge in [-0.15, -0.1) is 0 Å². The van der Waals surface area contributed by atoms with Crippen molar-refractivity contribution in [2.75, 3.05) is 6.61 Å². The zero-order chi connectivity index (χ0) is 18.2. The standard InChI is InChI=1S/C23H32N2O/c1-3-7-18-11-13-19(14-12-18)17-26-23-10-6-5-9-21(23)22-16-24-20(8-4-2)15-25-22/h5-6,9-10,15-16,18-19H,3-4,7-8,11-14,17H2,1-2H3/t18-,19-. The van der Waals surface area contributed by atoms with Crippen LogP contribution >= 0.6 is 0 Å². The van der Waals surface area contributed by atoms with Crippen molar-refractivity contribution in [1.29, 1.82) is 0 Å². The summed E-state index contributed by atoms with van der Waals surface area (Å²) >= 11 is 0. The van der Waals surface area contributed by atoms with E-state index < -0.39 is 0 Å². The monoisotopic (exact) mass is 352 g/mol. The summed E-state index contributed by atoms with van der Waals surface area (Å²) in [5.74, 6) is 2.57. The molecule has 0 N–H and O–H groups in total. The van der Waals surface area contributed by atoms with Crippen molar-refractivity contribution in [2.45, 2.75) is 65.2 Å². The molecule has 1 aromatic carbocycles. The van der Waals surface area contributed by atoms with E-state index in [4.69, 9.17) is 4.74 Å². The van der Waals surface area contributed by atoms with Crippen LogP contribution in [0.2, 0.25) is 0 Å². The Hall–Kier alpha value is -1.90. The number of aryl methyl sites for hydroxylation is 1. The Bertz CT molecular complexity index is 660. The minimum Gasteiger partial charge on any atom is -0.493 e. The third-order valence-electron chi connectivity index (χ3n) is 5.51. The average molecular weight is 353 g/mol. The van der Waals surface area contributed by atoms with Gasteiger partial charge in [0.1, 0.15) is 5.75 Å². The molecule has 2 aromatic rings. The van der Waals surface area contributed by atoms with Crippen LogP contribution in [0.15, 0.2) is 36.7 Å². The van der Waals surface area contributed by atoms with Crippen LogP contribution in [-0.4, -0.2) is 16.6 Å². The minimum absolute atomic E-state index is 0.689. The van der Waals surface area contributed by atoms with Crippen molar-refractivity contribution >= 4 is 0 Å². The molecule has 0 saturated heterocycles. The Kier molecular flexibility index (Phi) is 7.04. The van der Waals surface area contributed by atoms with Gasteiger partial charge in [0.25, 0.3) is 0 Å². The average Bonchev–Trinajstić information content (AvgIpc) is 2.69. The van der Waals surface area contributed by atoms with Gasteiger partial charge in [-0.2, -0.15) is 0 Å². The fourth-order valence-corrected chi connectivity index (χ4v) is 3.99. The Morgan fingerprint density at radius 2 is 1.69 bits per heavy atom.